The van der Waals surface area contributed by atoms with Crippen LogP contribution in [0, 0.1) is 0 Å². The molecule has 0 aliphatic rings. The molecule has 0 aliphatic heterocycles. The summed E-state index contributed by atoms with van der Waals surface area (Å²) in [6, 6.07) is 6.10. The van der Waals surface area contributed by atoms with Crippen molar-refractivity contribution >= 4 is 11.4 Å². The van der Waals surface area contributed by atoms with Crippen LogP contribution in [0.25, 0.3) is 0 Å². The molecule has 0 unspecified atom stereocenters. The predicted octanol–water partition coefficient (Wildman–Crippen LogP) is 4.55. The smallest absolute Gasteiger partial charge is 0.0645 e. The number of nitrogens with one attached hydrogen (secondary N) is 1. The van der Waals surface area contributed by atoms with E-state index in [1.165, 1.54) is 5.56 Å². The van der Waals surface area contributed by atoms with Crippen LogP contribution < -0.4 is 5.32 Å². The normalized spacial score (nSPS) is 14.8. The van der Waals surface area contributed by atoms with Crippen molar-refractivity contribution < 1.29 is 6.85 Å². The monoisotopic (exact) mass is 216 g/mol. The van der Waals surface area contributed by atoms with E-state index in [4.69, 9.17) is 6.85 Å². The van der Waals surface area contributed by atoms with E-state index in [2.05, 4.69) is 19.2 Å². The minimum atomic E-state index is -0.384. The van der Waals surface area contributed by atoms with Crippen molar-refractivity contribution in [2.75, 3.05) is 5.32 Å². The predicted molar refractivity (Wildman–Crippen MR) is 70.3 cm³/mol. The summed E-state index contributed by atoms with van der Waals surface area (Å²) < 4.78 is 38.6. The van der Waals surface area contributed by atoms with Crippen LogP contribution in [0.2, 0.25) is 0 Å². The molecule has 2 rings (SSSR count). The molecular formula is C15H17N. The van der Waals surface area contributed by atoms with Gasteiger partial charge in [-0.15, -0.1) is 0 Å². The van der Waals surface area contributed by atoms with Crippen LogP contribution in [0.15, 0.2) is 54.5 Å². The zero-order valence-corrected chi connectivity index (χ0v) is 9.39. The summed E-state index contributed by atoms with van der Waals surface area (Å²) in [6.07, 6.45) is 0. The van der Waals surface area contributed by atoms with Crippen molar-refractivity contribution in [3.05, 3.63) is 60.0 Å². The first-order valence-corrected chi connectivity index (χ1v) is 5.26. The number of benzene rings is 2. The van der Waals surface area contributed by atoms with E-state index < -0.39 is 0 Å². The zero-order valence-electron chi connectivity index (χ0n) is 14.4. The molecule has 16 heavy (non-hydrogen) atoms. The van der Waals surface area contributed by atoms with Gasteiger partial charge in [0, 0.05) is 11.4 Å². The summed E-state index contributed by atoms with van der Waals surface area (Å²) in [6.45, 7) is 4.19. The van der Waals surface area contributed by atoms with Crippen LogP contribution in [-0.2, 0) is 0 Å². The molecule has 2 aromatic rings. The quantitative estimate of drug-likeness (QED) is 0.793. The van der Waals surface area contributed by atoms with Gasteiger partial charge in [0.2, 0.25) is 0 Å². The van der Waals surface area contributed by atoms with Gasteiger partial charge in [-0.25, -0.2) is 0 Å². The maximum Gasteiger partial charge on any atom is 0.0645 e. The number of hydrogen-bond acceptors (Lipinski definition) is 1. The van der Waals surface area contributed by atoms with E-state index in [0.29, 0.717) is 11.6 Å². The Morgan fingerprint density at radius 1 is 0.938 bits per heavy atom. The summed E-state index contributed by atoms with van der Waals surface area (Å²) in [5.74, 6) is 0.416. The lowest BCUT2D eigenvalue weighted by molar-refractivity contribution is 0.867. The Labute approximate surface area is 104 Å². The molecule has 1 N–H and O–H groups in total. The van der Waals surface area contributed by atoms with Crippen molar-refractivity contribution in [1.82, 2.24) is 0 Å². The van der Waals surface area contributed by atoms with E-state index in [9.17, 15) is 0 Å². The lowest BCUT2D eigenvalue weighted by Crippen LogP contribution is -1.91. The summed E-state index contributed by atoms with van der Waals surface area (Å²) in [7, 11) is 0. The maximum absolute atomic E-state index is 7.86. The molecule has 1 nitrogen and oxygen atoms in total. The minimum Gasteiger partial charge on any atom is -0.356 e. The highest BCUT2D eigenvalue weighted by molar-refractivity contribution is 5.59. The van der Waals surface area contributed by atoms with Gasteiger partial charge >= 0.3 is 0 Å². The van der Waals surface area contributed by atoms with Crippen molar-refractivity contribution in [3.63, 3.8) is 0 Å². The molecule has 82 valence electrons. The third-order valence-electron chi connectivity index (χ3n) is 2.35. The highest BCUT2D eigenvalue weighted by Crippen LogP contribution is 2.20. The maximum atomic E-state index is 7.86. The fourth-order valence-electron chi connectivity index (χ4n) is 1.41. The molecule has 0 aliphatic carbocycles. The first-order valence-electron chi connectivity index (χ1n) is 7.76. The van der Waals surface area contributed by atoms with Gasteiger partial charge in [0.05, 0.1) is 6.85 Å². The van der Waals surface area contributed by atoms with Gasteiger partial charge in [0.15, 0.2) is 0 Å². The van der Waals surface area contributed by atoms with E-state index >= 15 is 0 Å². The average Bonchev–Trinajstić information content (AvgIpc) is 2.48. The van der Waals surface area contributed by atoms with E-state index in [1.54, 1.807) is 0 Å². The van der Waals surface area contributed by atoms with Crippen LogP contribution >= 0.6 is 0 Å². The van der Waals surface area contributed by atoms with E-state index in [1.807, 2.05) is 24.3 Å². The molecule has 0 fully saturated rings. The van der Waals surface area contributed by atoms with Gasteiger partial charge in [-0.1, -0.05) is 44.1 Å². The molecule has 0 saturated carbocycles. The Hall–Kier alpha value is -1.76. The second kappa shape index (κ2) is 4.84. The van der Waals surface area contributed by atoms with Gasteiger partial charge in [0.1, 0.15) is 0 Å². The van der Waals surface area contributed by atoms with Crippen LogP contribution in [0.4, 0.5) is 11.4 Å². The van der Waals surface area contributed by atoms with Gasteiger partial charge in [-0.05, 0) is 35.7 Å². The summed E-state index contributed by atoms with van der Waals surface area (Å²) in [4.78, 5) is 0. The van der Waals surface area contributed by atoms with Gasteiger partial charge < -0.3 is 5.32 Å². The summed E-state index contributed by atoms with van der Waals surface area (Å²) in [5.41, 5.74) is 1.97. The molecule has 0 amide bonds. The van der Waals surface area contributed by atoms with Crippen LogP contribution in [0.1, 0.15) is 32.2 Å². The number of para-hydroxylation sites is 1. The molecule has 1 heteroatoms. The van der Waals surface area contributed by atoms with Crippen molar-refractivity contribution in [3.8, 4) is 0 Å². The Morgan fingerprint density at radius 2 is 1.56 bits per heavy atom. The fraction of sp³-hybridized carbons (Fsp3) is 0.200. The second-order valence-corrected chi connectivity index (χ2v) is 3.90. The first-order chi connectivity index (χ1) is 9.82. The molecule has 0 atom stereocenters. The molecular weight excluding hydrogens is 194 g/mol. The molecule has 2 aromatic carbocycles. The highest BCUT2D eigenvalue weighted by atomic mass is 14.9. The van der Waals surface area contributed by atoms with E-state index in [0.717, 1.165) is 0 Å². The SMILES string of the molecule is [2H]c1c([2H])c([2H])c(Nc2ccc(C(C)C)cc2)c([2H])c1[2H]. The van der Waals surface area contributed by atoms with Gasteiger partial charge in [0.25, 0.3) is 0 Å². The van der Waals surface area contributed by atoms with Gasteiger partial charge in [-0.3, -0.25) is 0 Å². The Balaban J connectivity index is 2.40. The summed E-state index contributed by atoms with van der Waals surface area (Å²) in [5, 5.41) is 2.92. The lowest BCUT2D eigenvalue weighted by Gasteiger charge is -2.09. The molecule has 0 heterocycles. The van der Waals surface area contributed by atoms with Crippen molar-refractivity contribution in [1.29, 1.82) is 0 Å². The summed E-state index contributed by atoms with van der Waals surface area (Å²) >= 11 is 0. The topological polar surface area (TPSA) is 12.0 Å². The zero-order chi connectivity index (χ0) is 15.7. The van der Waals surface area contributed by atoms with E-state index in [-0.39, 0.29) is 35.9 Å². The molecule has 0 aromatic heterocycles. The Bertz CT molecular complexity index is 636. The average molecular weight is 216 g/mol. The highest BCUT2D eigenvalue weighted by Gasteiger charge is 1.98. The largest absolute Gasteiger partial charge is 0.356 e. The third-order valence-corrected chi connectivity index (χ3v) is 2.35. The van der Waals surface area contributed by atoms with Crippen LogP contribution in [0.3, 0.4) is 0 Å². The number of hydrogen-bond donors (Lipinski definition) is 1. The fourth-order valence-corrected chi connectivity index (χ4v) is 1.41. The second-order valence-electron chi connectivity index (χ2n) is 3.90. The number of rotatable bonds is 3. The third kappa shape index (κ3) is 2.63. The van der Waals surface area contributed by atoms with Crippen LogP contribution in [0.5, 0.6) is 0 Å². The van der Waals surface area contributed by atoms with Gasteiger partial charge in [-0.2, -0.15) is 0 Å². The lowest BCUT2D eigenvalue weighted by atomic mass is 10.0. The first kappa shape index (κ1) is 6.09. The molecule has 0 spiro atoms. The number of anilines is 2. The molecule has 0 bridgehead atoms. The Kier molecular flexibility index (Phi) is 1.84. The van der Waals surface area contributed by atoms with Crippen molar-refractivity contribution in [2.45, 2.75) is 19.8 Å². The molecule has 0 radical (unpaired) electrons. The van der Waals surface area contributed by atoms with Crippen molar-refractivity contribution in [2.24, 2.45) is 0 Å². The standard InChI is InChI=1S/C15H17N/c1-12(2)13-8-10-15(11-9-13)16-14-6-4-3-5-7-14/h3-12,16H,1-2H3/i3D,4D,5D,6D,7D. The Morgan fingerprint density at radius 3 is 2.12 bits per heavy atom. The molecule has 0 saturated heterocycles. The minimum absolute atomic E-state index is 0.0956. The van der Waals surface area contributed by atoms with Crippen LogP contribution in [-0.4, -0.2) is 0 Å².